The van der Waals surface area contributed by atoms with Crippen molar-refractivity contribution in [1.82, 2.24) is 20.6 Å². The van der Waals surface area contributed by atoms with Crippen LogP contribution in [0.3, 0.4) is 0 Å². The van der Waals surface area contributed by atoms with Gasteiger partial charge in [0, 0.05) is 37.2 Å². The predicted molar refractivity (Wildman–Crippen MR) is 93.6 cm³/mol. The molecule has 0 bridgehead atoms. The maximum Gasteiger partial charge on any atom is 0.407 e. The van der Waals surface area contributed by atoms with Crippen molar-refractivity contribution in [3.63, 3.8) is 0 Å². The third-order valence-electron chi connectivity index (χ3n) is 4.31. The van der Waals surface area contributed by atoms with E-state index in [2.05, 4.69) is 27.5 Å². The van der Waals surface area contributed by atoms with E-state index in [1.54, 1.807) is 18.6 Å². The van der Waals surface area contributed by atoms with Crippen LogP contribution in [-0.2, 0) is 4.74 Å². The largest absolute Gasteiger partial charge is 0.444 e. The van der Waals surface area contributed by atoms with Crippen molar-refractivity contribution < 1.29 is 9.53 Å². The molecule has 0 saturated heterocycles. The van der Waals surface area contributed by atoms with Crippen LogP contribution in [0.2, 0.25) is 0 Å². The molecule has 1 saturated carbocycles. The van der Waals surface area contributed by atoms with Gasteiger partial charge in [-0.05, 0) is 46.5 Å². The lowest BCUT2D eigenvalue weighted by atomic mass is 9.84. The van der Waals surface area contributed by atoms with Crippen molar-refractivity contribution >= 4 is 6.09 Å². The van der Waals surface area contributed by atoms with E-state index in [0.29, 0.717) is 18.5 Å². The molecule has 6 nitrogen and oxygen atoms in total. The van der Waals surface area contributed by atoms with Crippen LogP contribution in [0.4, 0.5) is 4.79 Å². The predicted octanol–water partition coefficient (Wildman–Crippen LogP) is 3.21. The Morgan fingerprint density at radius 2 is 2.08 bits per heavy atom. The zero-order valence-electron chi connectivity index (χ0n) is 15.2. The summed E-state index contributed by atoms with van der Waals surface area (Å²) in [6.07, 6.45) is 9.51. The highest BCUT2D eigenvalue weighted by Crippen LogP contribution is 2.26. The summed E-state index contributed by atoms with van der Waals surface area (Å²) in [4.78, 5) is 20.4. The van der Waals surface area contributed by atoms with Crippen molar-refractivity contribution in [2.24, 2.45) is 5.92 Å². The fourth-order valence-corrected chi connectivity index (χ4v) is 3.14. The summed E-state index contributed by atoms with van der Waals surface area (Å²) in [5.41, 5.74) is 0.483. The lowest BCUT2D eigenvalue weighted by Gasteiger charge is -2.34. The van der Waals surface area contributed by atoms with Crippen LogP contribution < -0.4 is 10.6 Å². The topological polar surface area (TPSA) is 76.1 Å². The van der Waals surface area contributed by atoms with Gasteiger partial charge < -0.3 is 15.4 Å². The second kappa shape index (κ2) is 8.42. The van der Waals surface area contributed by atoms with Gasteiger partial charge in [0.25, 0.3) is 0 Å². The van der Waals surface area contributed by atoms with Gasteiger partial charge in [-0.25, -0.2) is 4.79 Å². The minimum Gasteiger partial charge on any atom is -0.444 e. The van der Waals surface area contributed by atoms with E-state index in [1.165, 1.54) is 12.8 Å². The molecule has 134 valence electrons. The van der Waals surface area contributed by atoms with E-state index >= 15 is 0 Å². The van der Waals surface area contributed by atoms with Crippen molar-refractivity contribution in [3.8, 4) is 0 Å². The summed E-state index contributed by atoms with van der Waals surface area (Å²) in [6, 6.07) is 0.511. The molecular weight excluding hydrogens is 304 g/mol. The number of amides is 1. The van der Waals surface area contributed by atoms with Gasteiger partial charge in [-0.15, -0.1) is 0 Å². The van der Waals surface area contributed by atoms with Gasteiger partial charge in [0.05, 0.1) is 5.69 Å². The van der Waals surface area contributed by atoms with Crippen LogP contribution in [0, 0.1) is 5.92 Å². The van der Waals surface area contributed by atoms with Gasteiger partial charge in [-0.1, -0.05) is 12.8 Å². The highest BCUT2D eigenvalue weighted by atomic mass is 16.6. The Balaban J connectivity index is 1.87. The Hall–Kier alpha value is -1.69. The number of alkyl carbamates (subject to hydrolysis) is 1. The number of rotatable bonds is 5. The summed E-state index contributed by atoms with van der Waals surface area (Å²) in [5, 5.41) is 6.59. The average Bonchev–Trinajstić information content (AvgIpc) is 2.53. The molecule has 1 aliphatic rings. The summed E-state index contributed by atoms with van der Waals surface area (Å²) < 4.78 is 5.33. The standard InChI is InChI=1S/C18H30N4O2/c1-13(16-12-19-9-10-20-16)22-15-8-6-5-7-14(15)11-21-17(23)24-18(2,3)4/h9-10,12-15,22H,5-8,11H2,1-4H3,(H,21,23)/t13-,14-,15-/m0/s1. The van der Waals surface area contributed by atoms with Crippen molar-refractivity contribution in [1.29, 1.82) is 0 Å². The molecule has 1 aromatic rings. The number of carbonyl (C=O) groups excluding carboxylic acids is 1. The molecule has 1 fully saturated rings. The van der Waals surface area contributed by atoms with Crippen LogP contribution in [-0.4, -0.2) is 34.2 Å². The first-order valence-corrected chi connectivity index (χ1v) is 8.84. The zero-order chi connectivity index (χ0) is 17.6. The highest BCUT2D eigenvalue weighted by Gasteiger charge is 2.27. The van der Waals surface area contributed by atoms with E-state index in [9.17, 15) is 4.79 Å². The molecule has 1 aromatic heterocycles. The SMILES string of the molecule is C[C@H](N[C@H]1CCCC[C@H]1CNC(=O)OC(C)(C)C)c1cnccn1. The zero-order valence-corrected chi connectivity index (χ0v) is 15.2. The second-order valence-corrected chi connectivity index (χ2v) is 7.55. The summed E-state index contributed by atoms with van der Waals surface area (Å²) in [5.74, 6) is 0.408. The quantitative estimate of drug-likeness (QED) is 0.865. The smallest absolute Gasteiger partial charge is 0.407 e. The Morgan fingerprint density at radius 1 is 1.33 bits per heavy atom. The Morgan fingerprint density at radius 3 is 2.75 bits per heavy atom. The number of hydrogen-bond donors (Lipinski definition) is 2. The average molecular weight is 334 g/mol. The Bertz CT molecular complexity index is 516. The molecule has 0 aliphatic heterocycles. The number of nitrogens with zero attached hydrogens (tertiary/aromatic N) is 2. The summed E-state index contributed by atoms with van der Waals surface area (Å²) >= 11 is 0. The number of nitrogens with one attached hydrogen (secondary N) is 2. The van der Waals surface area contributed by atoms with E-state index in [1.807, 2.05) is 20.8 Å². The van der Waals surface area contributed by atoms with E-state index in [-0.39, 0.29) is 12.1 Å². The second-order valence-electron chi connectivity index (χ2n) is 7.55. The third-order valence-corrected chi connectivity index (χ3v) is 4.31. The lowest BCUT2D eigenvalue weighted by Crippen LogP contribution is -2.45. The lowest BCUT2D eigenvalue weighted by molar-refractivity contribution is 0.0510. The number of ether oxygens (including phenoxy) is 1. The Kier molecular flexibility index (Phi) is 6.54. The van der Waals surface area contributed by atoms with Gasteiger partial charge in [0.1, 0.15) is 5.60 Å². The van der Waals surface area contributed by atoms with Gasteiger partial charge >= 0.3 is 6.09 Å². The minimum atomic E-state index is -0.463. The molecule has 6 heteroatoms. The minimum absolute atomic E-state index is 0.144. The maximum atomic E-state index is 11.9. The monoisotopic (exact) mass is 334 g/mol. The Labute approximate surface area is 144 Å². The molecule has 0 aromatic carbocycles. The van der Waals surface area contributed by atoms with Gasteiger partial charge in [-0.3, -0.25) is 9.97 Å². The first-order valence-electron chi connectivity index (χ1n) is 8.84. The summed E-state index contributed by atoms with van der Waals surface area (Å²) in [7, 11) is 0. The molecule has 3 atom stereocenters. The normalized spacial score (nSPS) is 22.7. The van der Waals surface area contributed by atoms with E-state index in [4.69, 9.17) is 4.74 Å². The van der Waals surface area contributed by atoms with Crippen LogP contribution >= 0.6 is 0 Å². The first-order chi connectivity index (χ1) is 11.3. The molecule has 2 N–H and O–H groups in total. The summed E-state index contributed by atoms with van der Waals surface area (Å²) in [6.45, 7) is 8.37. The van der Waals surface area contributed by atoms with Gasteiger partial charge in [-0.2, -0.15) is 0 Å². The van der Waals surface area contributed by atoms with Crippen molar-refractivity contribution in [3.05, 3.63) is 24.3 Å². The molecule has 0 spiro atoms. The van der Waals surface area contributed by atoms with E-state index < -0.39 is 5.60 Å². The van der Waals surface area contributed by atoms with E-state index in [0.717, 1.165) is 18.5 Å². The number of aromatic nitrogens is 2. The molecule has 1 aliphatic carbocycles. The fraction of sp³-hybridized carbons (Fsp3) is 0.722. The van der Waals surface area contributed by atoms with Gasteiger partial charge in [0.2, 0.25) is 0 Å². The highest BCUT2D eigenvalue weighted by molar-refractivity contribution is 5.67. The van der Waals surface area contributed by atoms with Crippen LogP contribution in [0.5, 0.6) is 0 Å². The maximum absolute atomic E-state index is 11.9. The number of carbonyl (C=O) groups is 1. The van der Waals surface area contributed by atoms with Crippen molar-refractivity contribution in [2.45, 2.75) is 71.1 Å². The van der Waals surface area contributed by atoms with Crippen molar-refractivity contribution in [2.75, 3.05) is 6.54 Å². The molecule has 1 amide bonds. The molecule has 2 rings (SSSR count). The number of hydrogen-bond acceptors (Lipinski definition) is 5. The molecule has 1 heterocycles. The molecule has 0 radical (unpaired) electrons. The van der Waals surface area contributed by atoms with Crippen LogP contribution in [0.15, 0.2) is 18.6 Å². The molecular formula is C18H30N4O2. The fourth-order valence-electron chi connectivity index (χ4n) is 3.14. The van der Waals surface area contributed by atoms with Crippen LogP contribution in [0.25, 0.3) is 0 Å². The van der Waals surface area contributed by atoms with Gasteiger partial charge in [0.15, 0.2) is 0 Å². The third kappa shape index (κ3) is 6.07. The first kappa shape index (κ1) is 18.6. The molecule has 24 heavy (non-hydrogen) atoms. The molecule has 0 unspecified atom stereocenters. The van der Waals surface area contributed by atoms with Crippen LogP contribution in [0.1, 0.15) is 65.1 Å².